The third-order valence-electron chi connectivity index (χ3n) is 7.62. The molecular formula is C30H35F18NO5. The van der Waals surface area contributed by atoms with E-state index in [1.54, 1.807) is 0 Å². The molecule has 1 amide bonds. The molecule has 0 radical (unpaired) electrons. The van der Waals surface area contributed by atoms with E-state index in [1.165, 1.54) is 12.1 Å². The molecule has 0 spiro atoms. The number of nitrogens with one attached hydrogen (secondary N) is 1. The van der Waals surface area contributed by atoms with Gasteiger partial charge < -0.3 is 25.0 Å². The minimum Gasteiger partial charge on any atom is -0.490 e. The van der Waals surface area contributed by atoms with Gasteiger partial charge in [-0.15, -0.1) is 0 Å². The molecule has 0 aliphatic heterocycles. The van der Waals surface area contributed by atoms with Crippen LogP contribution in [0.5, 0.6) is 11.5 Å². The standard InChI is InChI=1S/C30H35F18NO5/c31-23(32,25(35,36)27(39,40)29(43,44)45)11-5-1-3-7-13-53-20-10-9-18(22(52)49-16-19(51)17-50)15-21(20)54-14-8-4-2-6-12-24(33,34)26(37,38)28(41,42)30(46,47)48/h9-10,15,19,50-51H,1-8,11-14,16-17H2,(H,49,52). The zero-order chi connectivity index (χ0) is 42.0. The topological polar surface area (TPSA) is 88.0 Å². The fourth-order valence-electron chi connectivity index (χ4n) is 4.36. The summed E-state index contributed by atoms with van der Waals surface area (Å²) in [6.07, 6.45) is -22.0. The largest absolute Gasteiger partial charge is 0.490 e. The Morgan fingerprint density at radius 3 is 1.35 bits per heavy atom. The number of benzene rings is 1. The molecule has 316 valence electrons. The second-order valence-electron chi connectivity index (χ2n) is 11.9. The van der Waals surface area contributed by atoms with Crippen molar-refractivity contribution in [1.29, 1.82) is 0 Å². The van der Waals surface area contributed by atoms with Crippen LogP contribution in [-0.4, -0.2) is 96.5 Å². The first-order valence-electron chi connectivity index (χ1n) is 15.8. The highest BCUT2D eigenvalue weighted by Gasteiger charge is 2.82. The fraction of sp³-hybridized carbons (Fsp3) is 0.767. The molecule has 1 rings (SSSR count). The first kappa shape index (κ1) is 49.0. The molecule has 0 fully saturated rings. The number of amides is 1. The molecule has 0 saturated carbocycles. The number of hydrogen-bond donors (Lipinski definition) is 3. The lowest BCUT2D eigenvalue weighted by Gasteiger charge is -2.33. The van der Waals surface area contributed by atoms with Crippen molar-refractivity contribution in [3.63, 3.8) is 0 Å². The summed E-state index contributed by atoms with van der Waals surface area (Å²) in [5, 5.41) is 20.6. The minimum absolute atomic E-state index is 0.0278. The summed E-state index contributed by atoms with van der Waals surface area (Å²) in [5.74, 6) is -40.0. The van der Waals surface area contributed by atoms with Gasteiger partial charge in [0.15, 0.2) is 11.5 Å². The number of carbonyl (C=O) groups is 1. The first-order valence-corrected chi connectivity index (χ1v) is 15.8. The van der Waals surface area contributed by atoms with Crippen LogP contribution in [0.2, 0.25) is 0 Å². The van der Waals surface area contributed by atoms with Crippen molar-refractivity contribution in [3.8, 4) is 11.5 Å². The van der Waals surface area contributed by atoms with Crippen LogP contribution in [0.3, 0.4) is 0 Å². The summed E-state index contributed by atoms with van der Waals surface area (Å²) >= 11 is 0. The van der Waals surface area contributed by atoms with Crippen LogP contribution >= 0.6 is 0 Å². The van der Waals surface area contributed by atoms with Crippen LogP contribution < -0.4 is 14.8 Å². The van der Waals surface area contributed by atoms with Gasteiger partial charge in [0.05, 0.1) is 25.9 Å². The van der Waals surface area contributed by atoms with Gasteiger partial charge in [-0.05, 0) is 43.9 Å². The van der Waals surface area contributed by atoms with E-state index in [0.29, 0.717) is 0 Å². The van der Waals surface area contributed by atoms with Crippen LogP contribution in [0, 0.1) is 0 Å². The van der Waals surface area contributed by atoms with E-state index in [1.807, 2.05) is 0 Å². The van der Waals surface area contributed by atoms with E-state index < -0.39 is 98.7 Å². The second-order valence-corrected chi connectivity index (χ2v) is 11.9. The van der Waals surface area contributed by atoms with Crippen molar-refractivity contribution in [2.45, 2.75) is 118 Å². The number of halogens is 18. The zero-order valence-corrected chi connectivity index (χ0v) is 27.6. The highest BCUT2D eigenvalue weighted by atomic mass is 19.4. The van der Waals surface area contributed by atoms with E-state index in [4.69, 9.17) is 14.6 Å². The fourth-order valence-corrected chi connectivity index (χ4v) is 4.36. The predicted octanol–water partition coefficient (Wildman–Crippen LogP) is 9.36. The van der Waals surface area contributed by atoms with Gasteiger partial charge in [-0.1, -0.05) is 25.7 Å². The van der Waals surface area contributed by atoms with Crippen LogP contribution in [0.25, 0.3) is 0 Å². The molecule has 1 aromatic rings. The molecule has 1 aromatic carbocycles. The third-order valence-corrected chi connectivity index (χ3v) is 7.62. The number of carbonyl (C=O) groups excluding carboxylic acids is 1. The maximum atomic E-state index is 13.7. The number of unbranched alkanes of at least 4 members (excludes halogenated alkanes) is 6. The van der Waals surface area contributed by atoms with Crippen molar-refractivity contribution >= 4 is 5.91 Å². The minimum atomic E-state index is -7.01. The van der Waals surface area contributed by atoms with Crippen molar-refractivity contribution in [3.05, 3.63) is 23.8 Å². The van der Waals surface area contributed by atoms with E-state index in [2.05, 4.69) is 5.32 Å². The molecule has 1 atom stereocenters. The third kappa shape index (κ3) is 12.0. The Morgan fingerprint density at radius 1 is 0.574 bits per heavy atom. The highest BCUT2D eigenvalue weighted by molar-refractivity contribution is 5.94. The van der Waals surface area contributed by atoms with Crippen molar-refractivity contribution in [2.24, 2.45) is 0 Å². The van der Waals surface area contributed by atoms with Crippen molar-refractivity contribution < 1.29 is 104 Å². The molecule has 54 heavy (non-hydrogen) atoms. The highest BCUT2D eigenvalue weighted by Crippen LogP contribution is 2.55. The molecule has 0 heterocycles. The van der Waals surface area contributed by atoms with Gasteiger partial charge in [0.25, 0.3) is 5.91 Å². The number of aliphatic hydroxyl groups is 2. The lowest BCUT2D eigenvalue weighted by molar-refractivity contribution is -0.396. The zero-order valence-electron chi connectivity index (χ0n) is 27.6. The Labute approximate surface area is 295 Å². The van der Waals surface area contributed by atoms with Gasteiger partial charge in [-0.25, -0.2) is 0 Å². The predicted molar refractivity (Wildman–Crippen MR) is 151 cm³/mol. The van der Waals surface area contributed by atoms with Crippen LogP contribution in [0.4, 0.5) is 79.0 Å². The van der Waals surface area contributed by atoms with Crippen LogP contribution in [-0.2, 0) is 0 Å². The average molecular weight is 832 g/mol. The van der Waals surface area contributed by atoms with Gasteiger partial charge in [-0.3, -0.25) is 4.79 Å². The molecule has 1 unspecified atom stereocenters. The summed E-state index contributed by atoms with van der Waals surface area (Å²) in [6.45, 7) is -1.67. The smallest absolute Gasteiger partial charge is 0.460 e. The summed E-state index contributed by atoms with van der Waals surface area (Å²) in [4.78, 5) is 12.4. The van der Waals surface area contributed by atoms with Crippen molar-refractivity contribution in [2.75, 3.05) is 26.4 Å². The molecule has 0 aromatic heterocycles. The number of ether oxygens (including phenoxy) is 2. The normalized spacial score (nSPS) is 14.6. The second kappa shape index (κ2) is 18.7. The molecule has 0 aliphatic rings. The quantitative estimate of drug-likeness (QED) is 0.0715. The molecule has 6 nitrogen and oxygen atoms in total. The lowest BCUT2D eigenvalue weighted by atomic mass is 9.98. The summed E-state index contributed by atoms with van der Waals surface area (Å²) < 4.78 is 245. The molecule has 24 heteroatoms. The molecule has 0 bridgehead atoms. The van der Waals surface area contributed by atoms with Gasteiger partial charge in [0.2, 0.25) is 0 Å². The Kier molecular flexibility index (Phi) is 17.0. The molecule has 3 N–H and O–H groups in total. The van der Waals surface area contributed by atoms with Crippen LogP contribution in [0.15, 0.2) is 18.2 Å². The summed E-state index contributed by atoms with van der Waals surface area (Å²) in [5.41, 5.74) is -0.116. The molecule has 0 aliphatic carbocycles. The van der Waals surface area contributed by atoms with E-state index in [9.17, 15) is 88.9 Å². The van der Waals surface area contributed by atoms with E-state index in [-0.39, 0.29) is 68.8 Å². The number of hydrogen-bond acceptors (Lipinski definition) is 5. The number of alkyl halides is 18. The summed E-state index contributed by atoms with van der Waals surface area (Å²) in [6, 6.07) is 3.45. The van der Waals surface area contributed by atoms with Crippen molar-refractivity contribution in [1.82, 2.24) is 5.32 Å². The Morgan fingerprint density at radius 2 is 0.963 bits per heavy atom. The Hall–Kier alpha value is -3.05. The van der Waals surface area contributed by atoms with Crippen LogP contribution in [0.1, 0.15) is 74.6 Å². The first-order chi connectivity index (χ1) is 24.4. The SMILES string of the molecule is O=C(NCC(O)CO)c1ccc(OCCCCCCC(F)(F)C(F)(F)C(F)(F)C(F)(F)F)c(OCCCCCCC(F)(F)C(F)(F)C(F)(F)C(F)(F)F)c1. The maximum Gasteiger partial charge on any atom is 0.460 e. The van der Waals surface area contributed by atoms with Gasteiger partial charge in [0.1, 0.15) is 0 Å². The van der Waals surface area contributed by atoms with E-state index in [0.717, 1.165) is 6.07 Å². The van der Waals surface area contributed by atoms with E-state index >= 15 is 0 Å². The molecule has 0 saturated heterocycles. The van der Waals surface area contributed by atoms with Gasteiger partial charge in [-0.2, -0.15) is 79.0 Å². The number of rotatable bonds is 24. The lowest BCUT2D eigenvalue weighted by Crippen LogP contribution is -2.60. The van der Waals surface area contributed by atoms with Gasteiger partial charge >= 0.3 is 47.9 Å². The monoisotopic (exact) mass is 831 g/mol. The Balaban J connectivity index is 2.78. The average Bonchev–Trinajstić information content (AvgIpc) is 3.04. The summed E-state index contributed by atoms with van der Waals surface area (Å²) in [7, 11) is 0. The number of aliphatic hydroxyl groups excluding tert-OH is 2. The van der Waals surface area contributed by atoms with Gasteiger partial charge in [0, 0.05) is 24.9 Å². The maximum absolute atomic E-state index is 13.7. The molecular weight excluding hydrogens is 796 g/mol. The Bertz CT molecular complexity index is 1320.